The number of anilines is 1. The first-order valence-electron chi connectivity index (χ1n) is 6.88. The van der Waals surface area contributed by atoms with Crippen molar-refractivity contribution >= 4 is 17.4 Å². The molecule has 1 N–H and O–H groups in total. The van der Waals surface area contributed by atoms with Crippen LogP contribution in [0, 0.1) is 6.92 Å². The number of thioether (sulfide) groups is 1. The Morgan fingerprint density at radius 3 is 2.90 bits per heavy atom. The van der Waals surface area contributed by atoms with Crippen LogP contribution in [-0.4, -0.2) is 19.4 Å². The van der Waals surface area contributed by atoms with Crippen LogP contribution < -0.4 is 10.1 Å². The van der Waals surface area contributed by atoms with Crippen LogP contribution in [0.5, 0.6) is 5.75 Å². The summed E-state index contributed by atoms with van der Waals surface area (Å²) in [6.07, 6.45) is 0. The fourth-order valence-corrected chi connectivity index (χ4v) is 3.88. The molecule has 0 bridgehead atoms. The van der Waals surface area contributed by atoms with E-state index in [1.807, 2.05) is 17.8 Å². The Morgan fingerprint density at radius 2 is 2.10 bits per heavy atom. The summed E-state index contributed by atoms with van der Waals surface area (Å²) in [6, 6.07) is 15.0. The average molecular weight is 285 g/mol. The summed E-state index contributed by atoms with van der Waals surface area (Å²) in [5.74, 6) is 2.71. The summed E-state index contributed by atoms with van der Waals surface area (Å²) in [5.41, 5.74) is 3.81. The number of ether oxygens (including phenoxy) is 1. The van der Waals surface area contributed by atoms with Crippen LogP contribution in [-0.2, 0) is 0 Å². The van der Waals surface area contributed by atoms with E-state index in [9.17, 15) is 0 Å². The first kappa shape index (κ1) is 13.4. The molecule has 104 valence electrons. The van der Waals surface area contributed by atoms with E-state index >= 15 is 0 Å². The third kappa shape index (κ3) is 2.63. The number of nitrogens with one attached hydrogen (secondary N) is 1. The lowest BCUT2D eigenvalue weighted by molar-refractivity contribution is 0.412. The van der Waals surface area contributed by atoms with Gasteiger partial charge in [0.1, 0.15) is 5.75 Å². The van der Waals surface area contributed by atoms with Crippen molar-refractivity contribution in [2.45, 2.75) is 17.7 Å². The third-order valence-electron chi connectivity index (χ3n) is 3.75. The summed E-state index contributed by atoms with van der Waals surface area (Å²) >= 11 is 1.96. The average Bonchev–Trinajstić information content (AvgIpc) is 2.88. The molecule has 1 unspecified atom stereocenters. The van der Waals surface area contributed by atoms with Crippen molar-refractivity contribution in [3.05, 3.63) is 53.6 Å². The maximum absolute atomic E-state index is 5.29. The molecule has 3 heteroatoms. The van der Waals surface area contributed by atoms with Crippen molar-refractivity contribution < 1.29 is 4.74 Å². The van der Waals surface area contributed by atoms with E-state index in [1.54, 1.807) is 7.11 Å². The Labute approximate surface area is 124 Å². The summed E-state index contributed by atoms with van der Waals surface area (Å²) < 4.78 is 5.29. The minimum atomic E-state index is 0.596. The van der Waals surface area contributed by atoms with Crippen LogP contribution in [0.3, 0.4) is 0 Å². The minimum Gasteiger partial charge on any atom is -0.496 e. The van der Waals surface area contributed by atoms with Crippen molar-refractivity contribution in [3.8, 4) is 5.75 Å². The second-order valence-electron chi connectivity index (χ2n) is 5.11. The molecule has 2 nitrogen and oxygen atoms in total. The van der Waals surface area contributed by atoms with Crippen LogP contribution in [0.25, 0.3) is 0 Å². The molecular weight excluding hydrogens is 266 g/mol. The van der Waals surface area contributed by atoms with Crippen molar-refractivity contribution in [2.75, 3.05) is 24.7 Å². The topological polar surface area (TPSA) is 21.3 Å². The van der Waals surface area contributed by atoms with Crippen LogP contribution in [0.2, 0.25) is 0 Å². The number of fused-ring (bicyclic) bond motifs is 1. The highest BCUT2D eigenvalue weighted by Crippen LogP contribution is 2.39. The fraction of sp³-hybridized carbons (Fsp3) is 0.294. The maximum atomic E-state index is 5.29. The van der Waals surface area contributed by atoms with Gasteiger partial charge in [0.15, 0.2) is 0 Å². The van der Waals surface area contributed by atoms with Gasteiger partial charge in [0.25, 0.3) is 0 Å². The largest absolute Gasteiger partial charge is 0.496 e. The quantitative estimate of drug-likeness (QED) is 0.904. The van der Waals surface area contributed by atoms with Gasteiger partial charge in [-0.25, -0.2) is 0 Å². The van der Waals surface area contributed by atoms with Crippen LogP contribution >= 0.6 is 11.8 Å². The number of benzene rings is 2. The highest BCUT2D eigenvalue weighted by Gasteiger charge is 2.22. The highest BCUT2D eigenvalue weighted by atomic mass is 32.2. The first-order valence-corrected chi connectivity index (χ1v) is 7.86. The molecule has 1 atom stereocenters. The van der Waals surface area contributed by atoms with Gasteiger partial charge in [-0.2, -0.15) is 0 Å². The van der Waals surface area contributed by atoms with Crippen molar-refractivity contribution in [2.24, 2.45) is 0 Å². The zero-order valence-electron chi connectivity index (χ0n) is 11.8. The van der Waals surface area contributed by atoms with E-state index in [0.717, 1.165) is 18.0 Å². The van der Waals surface area contributed by atoms with Crippen LogP contribution in [0.15, 0.2) is 47.4 Å². The molecule has 2 aromatic carbocycles. The molecule has 3 rings (SSSR count). The van der Waals surface area contributed by atoms with Gasteiger partial charge < -0.3 is 10.1 Å². The van der Waals surface area contributed by atoms with Gasteiger partial charge in [-0.05, 0) is 42.3 Å². The Hall–Kier alpha value is -1.61. The molecule has 0 fully saturated rings. The van der Waals surface area contributed by atoms with E-state index in [0.29, 0.717) is 5.92 Å². The molecule has 0 amide bonds. The maximum Gasteiger partial charge on any atom is 0.121 e. The summed E-state index contributed by atoms with van der Waals surface area (Å²) in [7, 11) is 1.71. The molecule has 0 radical (unpaired) electrons. The number of hydrogen-bond acceptors (Lipinski definition) is 3. The monoisotopic (exact) mass is 285 g/mol. The van der Waals surface area contributed by atoms with E-state index in [4.69, 9.17) is 4.74 Å². The molecule has 2 aromatic rings. The summed E-state index contributed by atoms with van der Waals surface area (Å²) in [6.45, 7) is 3.06. The molecule has 0 aromatic heterocycles. The van der Waals surface area contributed by atoms with E-state index in [1.165, 1.54) is 21.8 Å². The molecule has 0 aliphatic carbocycles. The fourth-order valence-electron chi connectivity index (χ4n) is 2.63. The Morgan fingerprint density at radius 1 is 1.25 bits per heavy atom. The van der Waals surface area contributed by atoms with Gasteiger partial charge in [0.05, 0.1) is 7.11 Å². The molecule has 1 aliphatic rings. The number of hydrogen-bond donors (Lipinski definition) is 1. The number of aryl methyl sites for hydroxylation is 1. The highest BCUT2D eigenvalue weighted by molar-refractivity contribution is 7.99. The van der Waals surface area contributed by atoms with Crippen LogP contribution in [0.4, 0.5) is 5.69 Å². The summed E-state index contributed by atoms with van der Waals surface area (Å²) in [4.78, 5) is 1.44. The standard InChI is InChI=1S/C17H19NOS/c1-12-9-14(7-8-16(12)19-2)18-10-13-11-20-17-6-4-3-5-15(13)17/h3-9,13,18H,10-11H2,1-2H3. The molecule has 1 aliphatic heterocycles. The van der Waals surface area contributed by atoms with Crippen LogP contribution in [0.1, 0.15) is 17.0 Å². The van der Waals surface area contributed by atoms with Gasteiger partial charge in [-0.1, -0.05) is 18.2 Å². The lowest BCUT2D eigenvalue weighted by Crippen LogP contribution is -2.12. The lowest BCUT2D eigenvalue weighted by Gasteiger charge is -2.14. The lowest BCUT2D eigenvalue weighted by atomic mass is 10.0. The molecule has 1 heterocycles. The normalized spacial score (nSPS) is 16.8. The Balaban J connectivity index is 1.67. The van der Waals surface area contributed by atoms with E-state index in [2.05, 4.69) is 48.6 Å². The minimum absolute atomic E-state index is 0.596. The smallest absolute Gasteiger partial charge is 0.121 e. The van der Waals surface area contributed by atoms with Gasteiger partial charge in [0, 0.05) is 28.8 Å². The van der Waals surface area contributed by atoms with E-state index < -0.39 is 0 Å². The third-order valence-corrected chi connectivity index (χ3v) is 5.00. The Bertz CT molecular complexity index is 612. The van der Waals surface area contributed by atoms with E-state index in [-0.39, 0.29) is 0 Å². The number of rotatable bonds is 4. The molecule has 20 heavy (non-hydrogen) atoms. The van der Waals surface area contributed by atoms with Gasteiger partial charge in [-0.3, -0.25) is 0 Å². The molecular formula is C17H19NOS. The second-order valence-corrected chi connectivity index (χ2v) is 6.17. The molecule has 0 spiro atoms. The molecule has 0 saturated heterocycles. The predicted molar refractivity (Wildman–Crippen MR) is 86.1 cm³/mol. The van der Waals surface area contributed by atoms with Crippen molar-refractivity contribution in [1.82, 2.24) is 0 Å². The van der Waals surface area contributed by atoms with Gasteiger partial charge >= 0.3 is 0 Å². The van der Waals surface area contributed by atoms with Crippen molar-refractivity contribution in [1.29, 1.82) is 0 Å². The zero-order chi connectivity index (χ0) is 13.9. The number of methoxy groups -OCH3 is 1. The second kappa shape index (κ2) is 5.80. The van der Waals surface area contributed by atoms with Gasteiger partial charge in [-0.15, -0.1) is 11.8 Å². The summed E-state index contributed by atoms with van der Waals surface area (Å²) in [5, 5.41) is 3.55. The first-order chi connectivity index (χ1) is 9.78. The predicted octanol–water partition coefficient (Wildman–Crippen LogP) is 4.31. The SMILES string of the molecule is COc1ccc(NCC2CSc3ccccc32)cc1C. The molecule has 0 saturated carbocycles. The zero-order valence-corrected chi connectivity index (χ0v) is 12.7. The van der Waals surface area contributed by atoms with Gasteiger partial charge in [0.2, 0.25) is 0 Å². The van der Waals surface area contributed by atoms with Crippen molar-refractivity contribution in [3.63, 3.8) is 0 Å². The Kier molecular flexibility index (Phi) is 3.88.